The van der Waals surface area contributed by atoms with Crippen LogP contribution in [0.2, 0.25) is 0 Å². The Labute approximate surface area is 186 Å². The third-order valence-corrected chi connectivity index (χ3v) is 5.19. The Balaban J connectivity index is 1.66. The number of hydrogen-bond acceptors (Lipinski definition) is 8. The number of aromatic amines is 1. The topological polar surface area (TPSA) is 126 Å². The van der Waals surface area contributed by atoms with E-state index in [4.69, 9.17) is 10.4 Å². The molecule has 0 aliphatic heterocycles. The molecule has 0 amide bonds. The van der Waals surface area contributed by atoms with Crippen LogP contribution in [0, 0.1) is 5.41 Å². The smallest absolute Gasteiger partial charge is 0.229 e. The van der Waals surface area contributed by atoms with Crippen molar-refractivity contribution in [3.63, 3.8) is 0 Å². The third-order valence-electron chi connectivity index (χ3n) is 5.19. The van der Waals surface area contributed by atoms with E-state index in [1.165, 1.54) is 6.21 Å². The Morgan fingerprint density at radius 3 is 2.91 bits per heavy atom. The van der Waals surface area contributed by atoms with E-state index in [1.54, 1.807) is 6.20 Å². The lowest BCUT2D eigenvalue weighted by Crippen LogP contribution is -2.20. The van der Waals surface area contributed by atoms with Gasteiger partial charge in [-0.15, -0.1) is 0 Å². The average molecular weight is 431 g/mol. The maximum Gasteiger partial charge on any atom is 0.229 e. The van der Waals surface area contributed by atoms with Crippen molar-refractivity contribution in [1.82, 2.24) is 20.2 Å². The summed E-state index contributed by atoms with van der Waals surface area (Å²) in [5.41, 5.74) is 4.38. The van der Waals surface area contributed by atoms with Gasteiger partial charge in [-0.2, -0.15) is 10.1 Å². The molecule has 32 heavy (non-hydrogen) atoms. The van der Waals surface area contributed by atoms with Crippen LogP contribution in [0.15, 0.2) is 54.9 Å². The van der Waals surface area contributed by atoms with Crippen molar-refractivity contribution in [1.29, 1.82) is 5.41 Å². The zero-order valence-electron chi connectivity index (χ0n) is 17.8. The first-order chi connectivity index (χ1) is 15.7. The van der Waals surface area contributed by atoms with Gasteiger partial charge in [0.15, 0.2) is 0 Å². The number of nitrogens with zero attached hydrogens (tertiary/aromatic N) is 4. The van der Waals surface area contributed by atoms with Crippen LogP contribution in [-0.2, 0) is 0 Å². The maximum atomic E-state index is 9.26. The Morgan fingerprint density at radius 1 is 1.19 bits per heavy atom. The number of aromatic nitrogens is 4. The molecule has 5 N–H and O–H groups in total. The predicted molar refractivity (Wildman–Crippen MR) is 129 cm³/mol. The highest BCUT2D eigenvalue weighted by Crippen LogP contribution is 2.31. The van der Waals surface area contributed by atoms with E-state index in [0.717, 1.165) is 45.8 Å². The van der Waals surface area contributed by atoms with E-state index >= 15 is 0 Å². The number of aliphatic hydroxyl groups excluding tert-OH is 1. The van der Waals surface area contributed by atoms with Gasteiger partial charge >= 0.3 is 0 Å². The molecule has 9 nitrogen and oxygen atoms in total. The van der Waals surface area contributed by atoms with Crippen LogP contribution in [0.5, 0.6) is 0 Å². The number of unbranched alkanes of at least 4 members (excludes halogenated alkanes) is 1. The SMILES string of the molecule is CNc1ccc(Nc2nccc(N(CCCCO)c3cccc4[nH]ncc34)n2)cc1C=N. The molecule has 2 aromatic carbocycles. The van der Waals surface area contributed by atoms with Crippen LogP contribution in [0.4, 0.5) is 28.8 Å². The molecule has 0 atom stereocenters. The molecule has 0 radical (unpaired) electrons. The minimum atomic E-state index is 0.151. The minimum Gasteiger partial charge on any atom is -0.396 e. The number of fused-ring (bicyclic) bond motifs is 1. The van der Waals surface area contributed by atoms with Crippen LogP contribution in [-0.4, -0.2) is 51.7 Å². The Hall–Kier alpha value is -3.98. The number of rotatable bonds is 10. The van der Waals surface area contributed by atoms with Crippen molar-refractivity contribution in [3.05, 3.63) is 60.4 Å². The lowest BCUT2D eigenvalue weighted by molar-refractivity contribution is 0.285. The first-order valence-electron chi connectivity index (χ1n) is 10.5. The van der Waals surface area contributed by atoms with Crippen LogP contribution in [0.3, 0.4) is 0 Å². The third kappa shape index (κ3) is 4.52. The summed E-state index contributed by atoms with van der Waals surface area (Å²) in [5.74, 6) is 1.20. The fraction of sp³-hybridized carbons (Fsp3) is 0.217. The number of hydrogen-bond donors (Lipinski definition) is 5. The summed E-state index contributed by atoms with van der Waals surface area (Å²) in [4.78, 5) is 11.2. The average Bonchev–Trinajstić information content (AvgIpc) is 3.31. The van der Waals surface area contributed by atoms with Crippen LogP contribution in [0.25, 0.3) is 10.9 Å². The van der Waals surface area contributed by atoms with Gasteiger partial charge in [0.05, 0.1) is 17.4 Å². The number of anilines is 5. The summed E-state index contributed by atoms with van der Waals surface area (Å²) in [5, 5.41) is 31.4. The standard InChI is InChI=1S/C23H26N8O/c1-25-19-8-7-17(13-16(19)14-24)28-23-26-10-9-22(29-23)31(11-2-3-12-32)21-6-4-5-20-18(21)15-27-30-20/h4-10,13-15,24-25,32H,2-3,11-12H2,1H3,(H,27,30)(H,26,28,29). The minimum absolute atomic E-state index is 0.151. The van der Waals surface area contributed by atoms with Gasteiger partial charge in [0.25, 0.3) is 0 Å². The second kappa shape index (κ2) is 9.88. The van der Waals surface area contributed by atoms with E-state index in [-0.39, 0.29) is 6.61 Å². The predicted octanol–water partition coefficient (Wildman–Crippen LogP) is 4.05. The molecule has 0 spiro atoms. The Kier molecular flexibility index (Phi) is 6.57. The van der Waals surface area contributed by atoms with Gasteiger partial charge in [0.2, 0.25) is 5.95 Å². The molecule has 2 heterocycles. The normalized spacial score (nSPS) is 10.8. The van der Waals surface area contributed by atoms with Gasteiger partial charge in [-0.3, -0.25) is 5.10 Å². The lowest BCUT2D eigenvalue weighted by Gasteiger charge is -2.25. The van der Waals surface area contributed by atoms with Crippen LogP contribution in [0.1, 0.15) is 18.4 Å². The maximum absolute atomic E-state index is 9.26. The molecule has 0 aliphatic rings. The van der Waals surface area contributed by atoms with E-state index < -0.39 is 0 Å². The van der Waals surface area contributed by atoms with Crippen LogP contribution < -0.4 is 15.5 Å². The van der Waals surface area contributed by atoms with Gasteiger partial charge in [0.1, 0.15) is 5.82 Å². The first-order valence-corrected chi connectivity index (χ1v) is 10.5. The monoisotopic (exact) mass is 430 g/mol. The second-order valence-corrected chi connectivity index (χ2v) is 7.25. The molecule has 0 aliphatic carbocycles. The Bertz CT molecular complexity index is 1210. The number of H-pyrrole nitrogens is 1. The largest absolute Gasteiger partial charge is 0.396 e. The molecule has 4 rings (SSSR count). The van der Waals surface area contributed by atoms with Gasteiger partial charge in [0, 0.05) is 54.9 Å². The molecule has 0 bridgehead atoms. The first kappa shape index (κ1) is 21.3. The molecule has 0 fully saturated rings. The summed E-state index contributed by atoms with van der Waals surface area (Å²) < 4.78 is 0. The fourth-order valence-electron chi connectivity index (χ4n) is 3.60. The molecule has 4 aromatic rings. The highest BCUT2D eigenvalue weighted by Gasteiger charge is 2.15. The molecular weight excluding hydrogens is 404 g/mol. The summed E-state index contributed by atoms with van der Waals surface area (Å²) in [7, 11) is 1.83. The Morgan fingerprint density at radius 2 is 2.09 bits per heavy atom. The number of aliphatic hydroxyl groups is 1. The van der Waals surface area contributed by atoms with Crippen LogP contribution >= 0.6 is 0 Å². The van der Waals surface area contributed by atoms with Crippen molar-refractivity contribution >= 4 is 45.9 Å². The second-order valence-electron chi connectivity index (χ2n) is 7.25. The zero-order chi connectivity index (χ0) is 22.3. The van der Waals surface area contributed by atoms with Crippen molar-refractivity contribution < 1.29 is 5.11 Å². The van der Waals surface area contributed by atoms with E-state index in [0.29, 0.717) is 18.9 Å². The van der Waals surface area contributed by atoms with E-state index in [9.17, 15) is 5.11 Å². The van der Waals surface area contributed by atoms with Crippen molar-refractivity contribution in [2.75, 3.05) is 35.7 Å². The number of benzene rings is 2. The van der Waals surface area contributed by atoms with Crippen molar-refractivity contribution in [3.8, 4) is 0 Å². The molecular formula is C23H26N8O. The highest BCUT2D eigenvalue weighted by atomic mass is 16.2. The lowest BCUT2D eigenvalue weighted by atomic mass is 10.1. The quantitative estimate of drug-likeness (QED) is 0.190. The van der Waals surface area contributed by atoms with Gasteiger partial charge in [-0.25, -0.2) is 4.98 Å². The summed E-state index contributed by atoms with van der Waals surface area (Å²) in [6.45, 7) is 0.842. The molecule has 0 unspecified atom stereocenters. The van der Waals surface area contributed by atoms with Gasteiger partial charge in [-0.1, -0.05) is 6.07 Å². The molecule has 164 valence electrons. The number of nitrogens with one attached hydrogen (secondary N) is 4. The van der Waals surface area contributed by atoms with Crippen molar-refractivity contribution in [2.24, 2.45) is 0 Å². The molecule has 0 saturated carbocycles. The molecule has 9 heteroatoms. The summed E-state index contributed by atoms with van der Waals surface area (Å²) >= 11 is 0. The van der Waals surface area contributed by atoms with E-state index in [2.05, 4.69) is 30.7 Å². The zero-order valence-corrected chi connectivity index (χ0v) is 17.8. The molecule has 0 saturated heterocycles. The fourth-order valence-corrected chi connectivity index (χ4v) is 3.60. The highest BCUT2D eigenvalue weighted by molar-refractivity contribution is 5.93. The summed E-state index contributed by atoms with van der Waals surface area (Å²) in [6, 6.07) is 13.6. The van der Waals surface area contributed by atoms with Gasteiger partial charge < -0.3 is 26.0 Å². The van der Waals surface area contributed by atoms with Crippen molar-refractivity contribution in [2.45, 2.75) is 12.8 Å². The van der Waals surface area contributed by atoms with Gasteiger partial charge in [-0.05, 0) is 49.2 Å². The molecule has 2 aromatic heterocycles. The summed E-state index contributed by atoms with van der Waals surface area (Å²) in [6.07, 6.45) is 6.36. The van der Waals surface area contributed by atoms with E-state index in [1.807, 2.05) is 55.7 Å².